The van der Waals surface area contributed by atoms with Gasteiger partial charge in [-0.1, -0.05) is 44.2 Å². The van der Waals surface area contributed by atoms with Crippen LogP contribution in [0.4, 0.5) is 4.39 Å². The molecule has 1 aromatic heterocycles. The van der Waals surface area contributed by atoms with Crippen molar-refractivity contribution < 1.29 is 9.18 Å². The number of carbonyl (C=O) groups is 1. The average Bonchev–Trinajstić information content (AvgIpc) is 2.46. The van der Waals surface area contributed by atoms with Gasteiger partial charge in [-0.15, -0.1) is 0 Å². The zero-order valence-corrected chi connectivity index (χ0v) is 11.6. The number of carbonyl (C=O) groups excluding carboxylic acids is 1. The zero-order chi connectivity index (χ0) is 14.6. The lowest BCUT2D eigenvalue weighted by Crippen LogP contribution is -2.37. The highest BCUT2D eigenvalue weighted by atomic mass is 19.1. The Hall–Kier alpha value is -2.23. The van der Waals surface area contributed by atoms with Gasteiger partial charge in [-0.05, 0) is 17.7 Å². The standard InChI is InChI=1S/C16H17FN2O/c1-16(2,12-7-4-3-5-8-12)11-19-15(20)14-13(17)9-6-10-18-14/h3-10H,11H2,1-2H3,(H,19,20). The molecule has 20 heavy (non-hydrogen) atoms. The van der Waals surface area contributed by atoms with E-state index in [9.17, 15) is 9.18 Å². The van der Waals surface area contributed by atoms with Crippen molar-refractivity contribution in [2.45, 2.75) is 19.3 Å². The SMILES string of the molecule is CC(C)(CNC(=O)c1ncccc1F)c1ccccc1. The van der Waals surface area contributed by atoms with Gasteiger partial charge in [0.1, 0.15) is 0 Å². The molecule has 2 aromatic rings. The van der Waals surface area contributed by atoms with Crippen molar-refractivity contribution in [3.05, 3.63) is 65.7 Å². The minimum atomic E-state index is -0.609. The molecule has 0 aliphatic carbocycles. The van der Waals surface area contributed by atoms with Crippen LogP contribution in [0.3, 0.4) is 0 Å². The van der Waals surface area contributed by atoms with Crippen LogP contribution in [0.1, 0.15) is 29.9 Å². The predicted molar refractivity (Wildman–Crippen MR) is 76.0 cm³/mol. The third kappa shape index (κ3) is 3.20. The molecule has 4 heteroatoms. The molecule has 1 N–H and O–H groups in total. The monoisotopic (exact) mass is 272 g/mol. The molecule has 0 saturated carbocycles. The molecule has 0 aliphatic heterocycles. The van der Waals surface area contributed by atoms with Crippen LogP contribution >= 0.6 is 0 Å². The summed E-state index contributed by atoms with van der Waals surface area (Å²) < 4.78 is 13.5. The Labute approximate surface area is 117 Å². The molecule has 104 valence electrons. The third-order valence-electron chi connectivity index (χ3n) is 3.22. The second-order valence-corrected chi connectivity index (χ2v) is 5.27. The molecule has 3 nitrogen and oxygen atoms in total. The van der Waals surface area contributed by atoms with E-state index in [4.69, 9.17) is 0 Å². The van der Waals surface area contributed by atoms with Crippen LogP contribution in [0.2, 0.25) is 0 Å². The number of rotatable bonds is 4. The van der Waals surface area contributed by atoms with E-state index in [1.807, 2.05) is 44.2 Å². The summed E-state index contributed by atoms with van der Waals surface area (Å²) in [5.41, 5.74) is 0.709. The Morgan fingerprint density at radius 3 is 2.55 bits per heavy atom. The summed E-state index contributed by atoms with van der Waals surface area (Å²) in [6.07, 6.45) is 1.40. The van der Waals surface area contributed by atoms with Crippen LogP contribution in [-0.2, 0) is 5.41 Å². The quantitative estimate of drug-likeness (QED) is 0.929. The van der Waals surface area contributed by atoms with Gasteiger partial charge in [-0.25, -0.2) is 9.37 Å². The molecule has 0 radical (unpaired) electrons. The van der Waals surface area contributed by atoms with Crippen molar-refractivity contribution >= 4 is 5.91 Å². The van der Waals surface area contributed by atoms with Gasteiger partial charge in [0.25, 0.3) is 5.91 Å². The van der Waals surface area contributed by atoms with Crippen molar-refractivity contribution in [3.8, 4) is 0 Å². The number of benzene rings is 1. The average molecular weight is 272 g/mol. The molecule has 0 unspecified atom stereocenters. The largest absolute Gasteiger partial charge is 0.350 e. The molecule has 1 aromatic carbocycles. The molecule has 0 aliphatic rings. The molecule has 0 spiro atoms. The highest BCUT2D eigenvalue weighted by Gasteiger charge is 2.22. The van der Waals surface area contributed by atoms with Gasteiger partial charge in [0.05, 0.1) is 0 Å². The number of hydrogen-bond acceptors (Lipinski definition) is 2. The molecular weight excluding hydrogens is 255 g/mol. The summed E-state index contributed by atoms with van der Waals surface area (Å²) in [7, 11) is 0. The Bertz CT molecular complexity index is 596. The first-order valence-electron chi connectivity index (χ1n) is 6.45. The lowest BCUT2D eigenvalue weighted by molar-refractivity contribution is 0.0936. The number of amides is 1. The second kappa shape index (κ2) is 5.82. The van der Waals surface area contributed by atoms with E-state index in [0.717, 1.165) is 5.56 Å². The van der Waals surface area contributed by atoms with Gasteiger partial charge in [-0.2, -0.15) is 0 Å². The lowest BCUT2D eigenvalue weighted by Gasteiger charge is -2.25. The number of aromatic nitrogens is 1. The first-order valence-corrected chi connectivity index (χ1v) is 6.45. The fourth-order valence-corrected chi connectivity index (χ4v) is 1.93. The van der Waals surface area contributed by atoms with Gasteiger partial charge in [0, 0.05) is 18.2 Å². The summed E-state index contributed by atoms with van der Waals surface area (Å²) >= 11 is 0. The maximum Gasteiger partial charge on any atom is 0.272 e. The van der Waals surface area contributed by atoms with E-state index in [1.54, 1.807) is 0 Å². The second-order valence-electron chi connectivity index (χ2n) is 5.27. The number of nitrogens with zero attached hydrogens (tertiary/aromatic N) is 1. The number of hydrogen-bond donors (Lipinski definition) is 1. The predicted octanol–water partition coefficient (Wildman–Crippen LogP) is 2.93. The minimum absolute atomic E-state index is 0.170. The molecule has 0 atom stereocenters. The van der Waals surface area contributed by atoms with Crippen LogP contribution in [0.5, 0.6) is 0 Å². The minimum Gasteiger partial charge on any atom is -0.350 e. The summed E-state index contributed by atoms with van der Waals surface area (Å²) in [6.45, 7) is 4.46. The first kappa shape index (κ1) is 14.2. The van der Waals surface area contributed by atoms with E-state index < -0.39 is 11.7 Å². The van der Waals surface area contributed by atoms with Gasteiger partial charge in [-0.3, -0.25) is 4.79 Å². The van der Waals surface area contributed by atoms with Crippen LogP contribution < -0.4 is 5.32 Å². The molecular formula is C16H17FN2O. The van der Waals surface area contributed by atoms with Crippen molar-refractivity contribution in [1.82, 2.24) is 10.3 Å². The zero-order valence-electron chi connectivity index (χ0n) is 11.6. The Morgan fingerprint density at radius 1 is 1.20 bits per heavy atom. The first-order chi connectivity index (χ1) is 9.50. The Kier molecular flexibility index (Phi) is 4.13. The van der Waals surface area contributed by atoms with Crippen molar-refractivity contribution in [3.63, 3.8) is 0 Å². The van der Waals surface area contributed by atoms with Gasteiger partial charge >= 0.3 is 0 Å². The maximum atomic E-state index is 13.5. The molecule has 0 saturated heterocycles. The van der Waals surface area contributed by atoms with Crippen LogP contribution in [0.25, 0.3) is 0 Å². The van der Waals surface area contributed by atoms with Crippen molar-refractivity contribution in [2.24, 2.45) is 0 Å². The molecule has 1 amide bonds. The Balaban J connectivity index is 2.05. The molecule has 0 bridgehead atoms. The molecule has 1 heterocycles. The topological polar surface area (TPSA) is 42.0 Å². The lowest BCUT2D eigenvalue weighted by atomic mass is 9.84. The summed E-state index contributed by atoms with van der Waals surface area (Å²) in [5, 5.41) is 2.74. The normalized spacial score (nSPS) is 11.2. The van der Waals surface area contributed by atoms with Crippen LogP contribution in [-0.4, -0.2) is 17.4 Å². The fraction of sp³-hybridized carbons (Fsp3) is 0.250. The van der Waals surface area contributed by atoms with Crippen LogP contribution in [0, 0.1) is 5.82 Å². The summed E-state index contributed by atoms with van der Waals surface area (Å²) in [5.74, 6) is -1.10. The number of pyridine rings is 1. The van der Waals surface area contributed by atoms with E-state index >= 15 is 0 Å². The smallest absolute Gasteiger partial charge is 0.272 e. The highest BCUT2D eigenvalue weighted by molar-refractivity contribution is 5.92. The van der Waals surface area contributed by atoms with E-state index in [-0.39, 0.29) is 11.1 Å². The van der Waals surface area contributed by atoms with Gasteiger partial charge < -0.3 is 5.32 Å². The number of halogens is 1. The summed E-state index contributed by atoms with van der Waals surface area (Å²) in [4.78, 5) is 15.7. The van der Waals surface area contributed by atoms with E-state index in [2.05, 4.69) is 10.3 Å². The van der Waals surface area contributed by atoms with Gasteiger partial charge in [0.2, 0.25) is 0 Å². The van der Waals surface area contributed by atoms with Crippen LogP contribution in [0.15, 0.2) is 48.7 Å². The fourth-order valence-electron chi connectivity index (χ4n) is 1.93. The third-order valence-corrected chi connectivity index (χ3v) is 3.22. The maximum absolute atomic E-state index is 13.5. The molecule has 2 rings (SSSR count). The highest BCUT2D eigenvalue weighted by Crippen LogP contribution is 2.21. The molecule has 0 fully saturated rings. The number of nitrogens with one attached hydrogen (secondary N) is 1. The van der Waals surface area contributed by atoms with Crippen molar-refractivity contribution in [1.29, 1.82) is 0 Å². The summed E-state index contributed by atoms with van der Waals surface area (Å²) in [6, 6.07) is 12.6. The Morgan fingerprint density at radius 2 is 1.90 bits per heavy atom. The van der Waals surface area contributed by atoms with Gasteiger partial charge in [0.15, 0.2) is 11.5 Å². The van der Waals surface area contributed by atoms with E-state index in [1.165, 1.54) is 18.3 Å². The van der Waals surface area contributed by atoms with Crippen molar-refractivity contribution in [2.75, 3.05) is 6.54 Å². The van der Waals surface area contributed by atoms with E-state index in [0.29, 0.717) is 6.54 Å².